The van der Waals surface area contributed by atoms with E-state index in [2.05, 4.69) is 43.9 Å². The maximum Gasteiger partial charge on any atom is 0.306 e. The van der Waals surface area contributed by atoms with E-state index < -0.39 is 71.2 Å². The van der Waals surface area contributed by atoms with Crippen molar-refractivity contribution >= 4 is 22.1 Å². The van der Waals surface area contributed by atoms with E-state index >= 15 is 0 Å². The van der Waals surface area contributed by atoms with Crippen LogP contribution in [0.1, 0.15) is 174 Å². The Bertz CT molecular complexity index is 1200. The van der Waals surface area contributed by atoms with Crippen LogP contribution in [-0.4, -0.2) is 96.0 Å². The lowest BCUT2D eigenvalue weighted by atomic mass is 10.00. The molecule has 0 aromatic heterocycles. The summed E-state index contributed by atoms with van der Waals surface area (Å²) in [6.07, 6.45) is 24.3. The van der Waals surface area contributed by atoms with Gasteiger partial charge in [0.15, 0.2) is 12.4 Å². The molecule has 1 aliphatic heterocycles. The highest BCUT2D eigenvalue weighted by atomic mass is 32.2. The molecule has 0 amide bonds. The smallest absolute Gasteiger partial charge is 0.306 e. The van der Waals surface area contributed by atoms with Crippen molar-refractivity contribution < 1.29 is 56.8 Å². The Morgan fingerprint density at radius 3 is 1.68 bits per heavy atom. The Kier molecular flexibility index (Phi) is 31.4. The van der Waals surface area contributed by atoms with Crippen LogP contribution in [0, 0.1) is 0 Å². The molecular weight excluding hydrogens is 741 g/mol. The molecule has 1 heterocycles. The van der Waals surface area contributed by atoms with Gasteiger partial charge in [0.2, 0.25) is 0 Å². The van der Waals surface area contributed by atoms with Gasteiger partial charge in [-0.05, 0) is 76.4 Å². The normalized spacial score (nSPS) is 20.4. The fourth-order valence-electron chi connectivity index (χ4n) is 6.35. The number of carbonyl (C=O) groups is 2. The molecule has 1 saturated heterocycles. The highest BCUT2D eigenvalue weighted by Crippen LogP contribution is 2.24. The van der Waals surface area contributed by atoms with Gasteiger partial charge in [-0.25, -0.2) is 0 Å². The molecule has 0 aromatic carbocycles. The zero-order chi connectivity index (χ0) is 41.3. The van der Waals surface area contributed by atoms with E-state index in [1.54, 1.807) is 0 Å². The molecule has 0 bridgehead atoms. The molecule has 4 N–H and O–H groups in total. The average Bonchev–Trinajstić information content (AvgIpc) is 3.16. The largest absolute Gasteiger partial charge is 0.462 e. The molecule has 2 unspecified atom stereocenters. The summed E-state index contributed by atoms with van der Waals surface area (Å²) in [6, 6.07) is 0. The molecule has 1 fully saturated rings. The number of rotatable bonds is 35. The number of unbranched alkanes of at least 4 members (excludes halogenated alkanes) is 19. The summed E-state index contributed by atoms with van der Waals surface area (Å²) in [7, 11) is -4.60. The van der Waals surface area contributed by atoms with E-state index in [9.17, 15) is 37.9 Å². The van der Waals surface area contributed by atoms with E-state index in [0.29, 0.717) is 12.8 Å². The van der Waals surface area contributed by atoms with Gasteiger partial charge >= 0.3 is 11.9 Å². The molecule has 1 rings (SSSR count). The Morgan fingerprint density at radius 2 is 1.12 bits per heavy atom. The second-order valence-corrected chi connectivity index (χ2v) is 16.6. The van der Waals surface area contributed by atoms with Crippen LogP contribution >= 0.6 is 0 Å². The fraction of sp³-hybridized carbons (Fsp3) is 0.837. The van der Waals surface area contributed by atoms with Crippen LogP contribution in [0.25, 0.3) is 0 Å². The Hall–Kier alpha value is -2.09. The Labute approximate surface area is 338 Å². The first-order valence-corrected chi connectivity index (χ1v) is 23.2. The number of allylic oxidation sites excluding steroid dienone is 3. The molecule has 326 valence electrons. The first kappa shape index (κ1) is 51.9. The third kappa shape index (κ3) is 28.3. The molecule has 56 heavy (non-hydrogen) atoms. The van der Waals surface area contributed by atoms with Crippen LogP contribution in [-0.2, 0) is 38.7 Å². The van der Waals surface area contributed by atoms with Gasteiger partial charge in [-0.15, -0.1) is 5.73 Å². The Morgan fingerprint density at radius 1 is 0.643 bits per heavy atom. The van der Waals surface area contributed by atoms with Crippen LogP contribution in [0.2, 0.25) is 0 Å². The lowest BCUT2D eigenvalue weighted by molar-refractivity contribution is -0.297. The molecule has 1 aliphatic rings. The van der Waals surface area contributed by atoms with Gasteiger partial charge in [0.25, 0.3) is 10.1 Å². The quantitative estimate of drug-likeness (QED) is 0.0158. The van der Waals surface area contributed by atoms with Crippen molar-refractivity contribution in [2.75, 3.05) is 19.0 Å². The number of hydrogen-bond donors (Lipinski definition) is 4. The van der Waals surface area contributed by atoms with Gasteiger partial charge in [-0.2, -0.15) is 8.42 Å². The number of carbonyl (C=O) groups excluding carboxylic acids is 2. The minimum atomic E-state index is -4.60. The molecule has 0 saturated carbocycles. The molecule has 13 heteroatoms. The zero-order valence-corrected chi connectivity index (χ0v) is 35.4. The van der Waals surface area contributed by atoms with Crippen molar-refractivity contribution in [1.82, 2.24) is 0 Å². The average molecular weight is 817 g/mol. The number of aliphatic hydroxyl groups is 3. The molecule has 12 nitrogen and oxygen atoms in total. The summed E-state index contributed by atoms with van der Waals surface area (Å²) in [6.45, 7) is 3.69. The van der Waals surface area contributed by atoms with Gasteiger partial charge in [0, 0.05) is 12.8 Å². The van der Waals surface area contributed by atoms with Gasteiger partial charge in [-0.1, -0.05) is 109 Å². The van der Waals surface area contributed by atoms with Crippen molar-refractivity contribution in [3.05, 3.63) is 30.0 Å². The molecule has 0 spiro atoms. The molecule has 0 radical (unpaired) electrons. The summed E-state index contributed by atoms with van der Waals surface area (Å²) in [4.78, 5) is 25.3. The van der Waals surface area contributed by atoms with E-state index in [0.717, 1.165) is 77.0 Å². The van der Waals surface area contributed by atoms with E-state index in [1.165, 1.54) is 57.8 Å². The first-order chi connectivity index (χ1) is 27.0. The minimum absolute atomic E-state index is 0.150. The third-order valence-electron chi connectivity index (χ3n) is 9.78. The van der Waals surface area contributed by atoms with Crippen molar-refractivity contribution in [3.63, 3.8) is 0 Å². The summed E-state index contributed by atoms with van der Waals surface area (Å²) < 4.78 is 53.9. The standard InChI is InChI=1S/C43H76O12S/c1-3-5-7-9-11-13-15-17-18-20-21-23-25-27-29-31-38(44)52-33-36(34-53-43-42(48)41(47)40(46)37(55-43)35-56(49,50)51)54-39(45)32-30-28-26-24-22-19-16-14-12-10-8-6-4-2/h14-16,18,36-37,40-43,46-48H,3-13,19-35H2,1-2H3,(H,49,50,51)/b16-14+/t17?,36-,37-,40-,41?,42?,43+/m1/s1. The van der Waals surface area contributed by atoms with E-state index in [-0.39, 0.29) is 19.4 Å². The highest BCUT2D eigenvalue weighted by molar-refractivity contribution is 7.85. The van der Waals surface area contributed by atoms with Gasteiger partial charge in [0.1, 0.15) is 36.8 Å². The van der Waals surface area contributed by atoms with Gasteiger partial charge in [0.05, 0.1) is 6.61 Å². The van der Waals surface area contributed by atoms with Crippen molar-refractivity contribution in [3.8, 4) is 0 Å². The summed E-state index contributed by atoms with van der Waals surface area (Å²) in [5.74, 6) is -2.02. The van der Waals surface area contributed by atoms with Crippen molar-refractivity contribution in [1.29, 1.82) is 0 Å². The second-order valence-electron chi connectivity index (χ2n) is 15.1. The number of esters is 2. The van der Waals surface area contributed by atoms with Crippen molar-refractivity contribution in [2.45, 2.75) is 211 Å². The first-order valence-electron chi connectivity index (χ1n) is 21.6. The summed E-state index contributed by atoms with van der Waals surface area (Å²) >= 11 is 0. The van der Waals surface area contributed by atoms with Gasteiger partial charge < -0.3 is 34.3 Å². The number of ether oxygens (including phenoxy) is 4. The minimum Gasteiger partial charge on any atom is -0.462 e. The van der Waals surface area contributed by atoms with Crippen LogP contribution < -0.4 is 0 Å². The monoisotopic (exact) mass is 817 g/mol. The number of hydrogen-bond acceptors (Lipinski definition) is 11. The molecule has 6 atom stereocenters. The predicted molar refractivity (Wildman–Crippen MR) is 218 cm³/mol. The lowest BCUT2D eigenvalue weighted by Gasteiger charge is -2.40. The molecular formula is C43H76O12S. The Balaban J connectivity index is 2.50. The van der Waals surface area contributed by atoms with Gasteiger partial charge in [-0.3, -0.25) is 14.1 Å². The maximum absolute atomic E-state index is 12.8. The molecule has 0 aliphatic carbocycles. The third-order valence-corrected chi connectivity index (χ3v) is 10.5. The molecule has 0 aromatic rings. The van der Waals surface area contributed by atoms with Crippen molar-refractivity contribution in [2.24, 2.45) is 0 Å². The predicted octanol–water partition coefficient (Wildman–Crippen LogP) is 8.21. The number of aliphatic hydroxyl groups excluding tert-OH is 3. The summed E-state index contributed by atoms with van der Waals surface area (Å²) in [5, 5.41) is 30.8. The van der Waals surface area contributed by atoms with Crippen LogP contribution in [0.4, 0.5) is 0 Å². The second kappa shape index (κ2) is 33.8. The summed E-state index contributed by atoms with van der Waals surface area (Å²) in [5.41, 5.74) is 3.28. The van der Waals surface area contributed by atoms with Crippen LogP contribution in [0.3, 0.4) is 0 Å². The topological polar surface area (TPSA) is 186 Å². The lowest BCUT2D eigenvalue weighted by Crippen LogP contribution is -2.60. The maximum atomic E-state index is 12.8. The zero-order valence-electron chi connectivity index (χ0n) is 34.5. The SMILES string of the molecule is CCCCCC/C=C/CCCCCCCC(=O)O[C@H](COC(=O)CCCCCCCC=C=CCCCCCCC)CO[C@H]1O[C@H](CS(=O)(=O)O)[C@@H](O)C(O)C1O. The van der Waals surface area contributed by atoms with E-state index in [1.807, 2.05) is 0 Å². The fourth-order valence-corrected chi connectivity index (χ4v) is 7.04. The van der Waals surface area contributed by atoms with E-state index in [4.69, 9.17) is 18.9 Å². The highest BCUT2D eigenvalue weighted by Gasteiger charge is 2.46. The van der Waals surface area contributed by atoms with Crippen LogP contribution in [0.15, 0.2) is 30.0 Å². The van der Waals surface area contributed by atoms with Crippen LogP contribution in [0.5, 0.6) is 0 Å².